The highest BCUT2D eigenvalue weighted by atomic mass is 32.2. The lowest BCUT2D eigenvalue weighted by Gasteiger charge is -2.08. The summed E-state index contributed by atoms with van der Waals surface area (Å²) in [6.45, 7) is 0. The predicted molar refractivity (Wildman–Crippen MR) is 129 cm³/mol. The monoisotopic (exact) mass is 490 g/mol. The van der Waals surface area contributed by atoms with Gasteiger partial charge in [0.1, 0.15) is 10.1 Å². The standard InChI is InChI=1S/C26H20O6S2/c27-31-32-33-25-15-11-23(12-16-25)21-7-3-19(4-8-21)1-2-20-5-9-22(10-6-20)24-13-17-26(18-14-24)34(28,29)30/h1-18,27H,(H,28,29,30)/p-2. The van der Waals surface area contributed by atoms with Crippen LogP contribution in [-0.2, 0) is 19.5 Å². The van der Waals surface area contributed by atoms with Crippen molar-refractivity contribution in [1.29, 1.82) is 0 Å². The van der Waals surface area contributed by atoms with Gasteiger partial charge in [-0.2, -0.15) is 4.33 Å². The first-order valence-electron chi connectivity index (χ1n) is 10.1. The first kappa shape index (κ1) is 23.9. The van der Waals surface area contributed by atoms with E-state index in [1.165, 1.54) is 12.1 Å². The lowest BCUT2D eigenvalue weighted by molar-refractivity contribution is -0.777. The molecule has 0 saturated carbocycles. The SMILES string of the molecule is O=S(=O)([O-])c1ccc(-c2ccc(C=Cc3ccc(-c4ccc(SOO[O-])cc4)cc3)cc2)cc1. The zero-order valence-electron chi connectivity index (χ0n) is 17.7. The van der Waals surface area contributed by atoms with E-state index in [0.29, 0.717) is 0 Å². The van der Waals surface area contributed by atoms with Crippen molar-refractivity contribution in [2.24, 2.45) is 0 Å². The molecular formula is C26H18O6S2-2. The van der Waals surface area contributed by atoms with Gasteiger partial charge in [-0.25, -0.2) is 8.42 Å². The summed E-state index contributed by atoms with van der Waals surface area (Å²) in [5, 5.41) is 13.3. The smallest absolute Gasteiger partial charge is 0.124 e. The van der Waals surface area contributed by atoms with E-state index in [0.717, 1.165) is 50.3 Å². The van der Waals surface area contributed by atoms with Crippen LogP contribution in [0.3, 0.4) is 0 Å². The minimum absolute atomic E-state index is 0.238. The molecule has 0 atom stereocenters. The topological polar surface area (TPSA) is 98.7 Å². The summed E-state index contributed by atoms with van der Waals surface area (Å²) in [5.41, 5.74) is 5.93. The lowest BCUT2D eigenvalue weighted by atomic mass is 10.0. The van der Waals surface area contributed by atoms with Crippen molar-refractivity contribution in [1.82, 2.24) is 0 Å². The van der Waals surface area contributed by atoms with Gasteiger partial charge in [-0.15, -0.1) is 0 Å². The third-order valence-electron chi connectivity index (χ3n) is 5.11. The van der Waals surface area contributed by atoms with Crippen molar-refractivity contribution in [3.63, 3.8) is 0 Å². The van der Waals surface area contributed by atoms with E-state index in [-0.39, 0.29) is 4.90 Å². The highest BCUT2D eigenvalue weighted by molar-refractivity contribution is 7.94. The summed E-state index contributed by atoms with van der Waals surface area (Å²) in [7, 11) is -4.44. The first-order chi connectivity index (χ1) is 16.4. The molecule has 0 bridgehead atoms. The molecule has 0 aliphatic carbocycles. The minimum Gasteiger partial charge on any atom is -0.744 e. The van der Waals surface area contributed by atoms with Gasteiger partial charge in [0.2, 0.25) is 0 Å². The fourth-order valence-corrected chi connectivity index (χ4v) is 4.16. The van der Waals surface area contributed by atoms with E-state index in [9.17, 15) is 18.2 Å². The Hall–Kier alpha value is -3.24. The Bertz CT molecular complexity index is 1360. The van der Waals surface area contributed by atoms with Crippen LogP contribution in [0.4, 0.5) is 0 Å². The van der Waals surface area contributed by atoms with E-state index in [2.05, 4.69) is 9.37 Å². The highest BCUT2D eigenvalue weighted by Gasteiger charge is 2.03. The first-order valence-corrected chi connectivity index (χ1v) is 12.3. The second-order valence-electron chi connectivity index (χ2n) is 7.30. The Morgan fingerprint density at radius 1 is 0.618 bits per heavy atom. The summed E-state index contributed by atoms with van der Waals surface area (Å²) in [6.07, 6.45) is 4.03. The molecule has 6 nitrogen and oxygen atoms in total. The molecule has 0 aliphatic rings. The number of hydrogen-bond acceptors (Lipinski definition) is 7. The van der Waals surface area contributed by atoms with E-state index in [4.69, 9.17) is 0 Å². The summed E-state index contributed by atoms with van der Waals surface area (Å²) in [4.78, 5) is 0.524. The molecule has 0 amide bonds. The van der Waals surface area contributed by atoms with Gasteiger partial charge in [0, 0.05) is 4.90 Å². The molecule has 4 aromatic rings. The van der Waals surface area contributed by atoms with Gasteiger partial charge in [-0.1, -0.05) is 84.9 Å². The Labute approximate surface area is 201 Å². The Kier molecular flexibility index (Phi) is 7.59. The molecule has 0 unspecified atom stereocenters. The average Bonchev–Trinajstić information content (AvgIpc) is 2.87. The zero-order chi connectivity index (χ0) is 24.0. The van der Waals surface area contributed by atoms with Crippen LogP contribution in [0.5, 0.6) is 0 Å². The number of hydrogen-bond donors (Lipinski definition) is 0. The van der Waals surface area contributed by atoms with Crippen molar-refractivity contribution in [3.8, 4) is 22.3 Å². The molecule has 0 fully saturated rings. The van der Waals surface area contributed by atoms with Crippen LogP contribution in [-0.4, -0.2) is 13.0 Å². The van der Waals surface area contributed by atoms with Crippen molar-refractivity contribution < 1.29 is 27.6 Å². The molecule has 0 aromatic heterocycles. The predicted octanol–water partition coefficient (Wildman–Crippen LogP) is 5.33. The van der Waals surface area contributed by atoms with Crippen molar-refractivity contribution in [2.45, 2.75) is 9.79 Å². The second kappa shape index (κ2) is 10.8. The van der Waals surface area contributed by atoms with Gasteiger partial charge in [-0.3, -0.25) is 5.04 Å². The Morgan fingerprint density at radius 2 is 1.00 bits per heavy atom. The average molecular weight is 491 g/mol. The maximum absolute atomic E-state index is 11.1. The third kappa shape index (κ3) is 6.21. The van der Waals surface area contributed by atoms with E-state index in [1.807, 2.05) is 84.9 Å². The maximum atomic E-state index is 11.1. The molecule has 34 heavy (non-hydrogen) atoms. The molecule has 4 rings (SSSR count). The number of rotatable bonds is 8. The van der Waals surface area contributed by atoms with Gasteiger partial charge in [0.25, 0.3) is 0 Å². The molecule has 0 saturated heterocycles. The summed E-state index contributed by atoms with van der Waals surface area (Å²) < 4.78 is 37.5. The van der Waals surface area contributed by atoms with Gasteiger partial charge >= 0.3 is 0 Å². The second-order valence-corrected chi connectivity index (χ2v) is 9.45. The van der Waals surface area contributed by atoms with Crippen LogP contribution in [0.25, 0.3) is 34.4 Å². The molecule has 4 aromatic carbocycles. The molecule has 0 aliphatic heterocycles. The summed E-state index contributed by atoms with van der Waals surface area (Å²) in [6, 6.07) is 29.4. The van der Waals surface area contributed by atoms with Crippen molar-refractivity contribution in [2.75, 3.05) is 0 Å². The van der Waals surface area contributed by atoms with Gasteiger partial charge in [0.05, 0.1) is 16.9 Å². The van der Waals surface area contributed by atoms with Gasteiger partial charge < -0.3 is 9.81 Å². The number of benzene rings is 4. The van der Waals surface area contributed by atoms with Crippen LogP contribution in [0.15, 0.2) is 107 Å². The maximum Gasteiger partial charge on any atom is 0.124 e. The van der Waals surface area contributed by atoms with Crippen LogP contribution < -0.4 is 5.26 Å². The zero-order valence-corrected chi connectivity index (χ0v) is 19.3. The largest absolute Gasteiger partial charge is 0.744 e. The van der Waals surface area contributed by atoms with Gasteiger partial charge in [0.15, 0.2) is 0 Å². The Morgan fingerprint density at radius 3 is 1.38 bits per heavy atom. The van der Waals surface area contributed by atoms with Crippen LogP contribution in [0.2, 0.25) is 0 Å². The fraction of sp³-hybridized carbons (Fsp3) is 0. The molecule has 172 valence electrons. The molecule has 0 radical (unpaired) electrons. The summed E-state index contributed by atoms with van der Waals surface area (Å²) in [5.74, 6) is 0. The Balaban J connectivity index is 1.40. The quantitative estimate of drug-likeness (QED) is 0.108. The molecular weight excluding hydrogens is 472 g/mol. The van der Waals surface area contributed by atoms with E-state index >= 15 is 0 Å². The van der Waals surface area contributed by atoms with Crippen LogP contribution in [0.1, 0.15) is 11.1 Å². The van der Waals surface area contributed by atoms with Crippen molar-refractivity contribution >= 4 is 34.3 Å². The van der Waals surface area contributed by atoms with Crippen LogP contribution in [0, 0.1) is 0 Å². The van der Waals surface area contributed by atoms with Crippen molar-refractivity contribution in [3.05, 3.63) is 108 Å². The van der Waals surface area contributed by atoms with E-state index < -0.39 is 10.1 Å². The van der Waals surface area contributed by atoms with Crippen LogP contribution >= 0.6 is 12.0 Å². The minimum atomic E-state index is -4.44. The summed E-state index contributed by atoms with van der Waals surface area (Å²) >= 11 is 0.855. The van der Waals surface area contributed by atoms with E-state index in [1.54, 1.807) is 12.1 Å². The third-order valence-corrected chi connectivity index (χ3v) is 6.55. The molecule has 0 N–H and O–H groups in total. The normalized spacial score (nSPS) is 11.7. The lowest BCUT2D eigenvalue weighted by Crippen LogP contribution is -2.00. The fourth-order valence-electron chi connectivity index (χ4n) is 3.34. The molecule has 0 heterocycles. The molecule has 8 heteroatoms. The van der Waals surface area contributed by atoms with Gasteiger partial charge in [-0.05, 0) is 57.6 Å². The highest BCUT2D eigenvalue weighted by Crippen LogP contribution is 2.26. The molecule has 0 spiro atoms.